The van der Waals surface area contributed by atoms with E-state index in [1.807, 2.05) is 0 Å². The largest absolute Gasteiger partial charge is 0.481 e. The van der Waals surface area contributed by atoms with E-state index < -0.39 is 78.5 Å². The minimum Gasteiger partial charge on any atom is -0.481 e. The van der Waals surface area contributed by atoms with Gasteiger partial charge in [-0.05, 0) is 18.8 Å². The smallest absolute Gasteiger partial charge is 0.326 e. The van der Waals surface area contributed by atoms with Crippen molar-refractivity contribution in [3.8, 4) is 0 Å². The number of carboxylic acid groups (broad SMARTS) is 2. The summed E-state index contributed by atoms with van der Waals surface area (Å²) in [5, 5.41) is 24.8. The monoisotopic (exact) mass is 488 g/mol. The van der Waals surface area contributed by atoms with Crippen LogP contribution in [0, 0.1) is 5.92 Å². The molecule has 0 aromatic rings. The zero-order valence-corrected chi connectivity index (χ0v) is 18.9. The third-order valence-corrected chi connectivity index (χ3v) is 4.41. The van der Waals surface area contributed by atoms with Gasteiger partial charge in [-0.3, -0.25) is 28.8 Å². The Labute approximate surface area is 195 Å². The number of primary amides is 2. The van der Waals surface area contributed by atoms with Crippen LogP contribution in [0.15, 0.2) is 0 Å². The highest BCUT2D eigenvalue weighted by Gasteiger charge is 2.32. The molecule has 0 radical (unpaired) electrons. The van der Waals surface area contributed by atoms with Crippen LogP contribution in [-0.4, -0.2) is 75.9 Å². The van der Waals surface area contributed by atoms with Crippen molar-refractivity contribution in [2.75, 3.05) is 0 Å². The molecule has 0 saturated heterocycles. The summed E-state index contributed by atoms with van der Waals surface area (Å²) >= 11 is 0. The first-order valence-electron chi connectivity index (χ1n) is 10.3. The first-order valence-corrected chi connectivity index (χ1v) is 10.3. The van der Waals surface area contributed by atoms with Crippen LogP contribution in [0.2, 0.25) is 0 Å². The molecule has 15 heteroatoms. The van der Waals surface area contributed by atoms with Gasteiger partial charge < -0.3 is 43.4 Å². The van der Waals surface area contributed by atoms with Gasteiger partial charge in [-0.2, -0.15) is 0 Å². The van der Waals surface area contributed by atoms with Crippen molar-refractivity contribution in [2.24, 2.45) is 23.1 Å². The lowest BCUT2D eigenvalue weighted by Gasteiger charge is -2.25. The van der Waals surface area contributed by atoms with Gasteiger partial charge in [0, 0.05) is 6.42 Å². The van der Waals surface area contributed by atoms with E-state index in [0.717, 1.165) is 0 Å². The predicted molar refractivity (Wildman–Crippen MR) is 115 cm³/mol. The molecule has 0 spiro atoms. The Balaban J connectivity index is 5.52. The van der Waals surface area contributed by atoms with Crippen LogP contribution < -0.4 is 33.2 Å². The van der Waals surface area contributed by atoms with Crippen molar-refractivity contribution in [3.63, 3.8) is 0 Å². The van der Waals surface area contributed by atoms with Crippen LogP contribution in [0.4, 0.5) is 0 Å². The van der Waals surface area contributed by atoms with Crippen molar-refractivity contribution in [2.45, 2.75) is 70.1 Å². The third kappa shape index (κ3) is 12.3. The normalized spacial score (nSPS) is 14.2. The number of amides is 5. The number of hydrogen-bond donors (Lipinski definition) is 8. The summed E-state index contributed by atoms with van der Waals surface area (Å²) < 4.78 is 0. The molecule has 192 valence electrons. The van der Waals surface area contributed by atoms with Crippen molar-refractivity contribution in [1.82, 2.24) is 16.0 Å². The fourth-order valence-electron chi connectivity index (χ4n) is 2.74. The number of nitrogens with one attached hydrogen (secondary N) is 3. The number of carbonyl (C=O) groups excluding carboxylic acids is 5. The van der Waals surface area contributed by atoms with E-state index in [4.69, 9.17) is 27.4 Å². The Morgan fingerprint density at radius 2 is 1.24 bits per heavy atom. The van der Waals surface area contributed by atoms with Gasteiger partial charge in [0.1, 0.15) is 18.1 Å². The molecule has 0 bridgehead atoms. The molecule has 0 saturated carbocycles. The molecular formula is C19H32N6O9. The maximum absolute atomic E-state index is 12.7. The quantitative estimate of drug-likeness (QED) is 0.106. The van der Waals surface area contributed by atoms with Crippen molar-refractivity contribution < 1.29 is 43.8 Å². The van der Waals surface area contributed by atoms with Crippen LogP contribution in [0.1, 0.15) is 46.0 Å². The Hall–Kier alpha value is -3.75. The molecule has 0 aliphatic carbocycles. The Kier molecular flexibility index (Phi) is 12.8. The molecule has 15 nitrogen and oxygen atoms in total. The van der Waals surface area contributed by atoms with Gasteiger partial charge in [0.15, 0.2) is 0 Å². The molecule has 0 aromatic carbocycles. The van der Waals surface area contributed by atoms with Gasteiger partial charge >= 0.3 is 11.9 Å². The zero-order valence-electron chi connectivity index (χ0n) is 18.9. The number of hydrogen-bond acceptors (Lipinski definition) is 8. The predicted octanol–water partition coefficient (Wildman–Crippen LogP) is -3.49. The van der Waals surface area contributed by atoms with Gasteiger partial charge in [0.05, 0.1) is 18.9 Å². The molecule has 0 heterocycles. The number of rotatable bonds is 16. The molecule has 0 aliphatic heterocycles. The minimum absolute atomic E-state index is 0.0202. The molecule has 0 unspecified atom stereocenters. The van der Waals surface area contributed by atoms with Crippen LogP contribution in [0.3, 0.4) is 0 Å². The second-order valence-corrected chi connectivity index (χ2v) is 8.03. The topological polar surface area (TPSA) is 274 Å². The zero-order chi connectivity index (χ0) is 26.6. The molecule has 5 amide bonds. The maximum atomic E-state index is 12.7. The fraction of sp³-hybridized carbons (Fsp3) is 0.632. The molecule has 0 aliphatic rings. The molecule has 34 heavy (non-hydrogen) atoms. The molecule has 0 rings (SSSR count). The van der Waals surface area contributed by atoms with Gasteiger partial charge in [-0.1, -0.05) is 13.8 Å². The Morgan fingerprint density at radius 1 is 0.735 bits per heavy atom. The summed E-state index contributed by atoms with van der Waals surface area (Å²) in [6.45, 7) is 3.41. The average molecular weight is 488 g/mol. The van der Waals surface area contributed by atoms with Crippen molar-refractivity contribution in [1.29, 1.82) is 0 Å². The maximum Gasteiger partial charge on any atom is 0.326 e. The van der Waals surface area contributed by atoms with E-state index in [1.54, 1.807) is 13.8 Å². The first-order chi connectivity index (χ1) is 15.6. The summed E-state index contributed by atoms with van der Waals surface area (Å²) in [6.07, 6.45) is -1.87. The molecule has 0 aromatic heterocycles. The van der Waals surface area contributed by atoms with Gasteiger partial charge in [0.25, 0.3) is 0 Å². The second kappa shape index (κ2) is 14.4. The van der Waals surface area contributed by atoms with E-state index in [0.29, 0.717) is 0 Å². The van der Waals surface area contributed by atoms with E-state index in [-0.39, 0.29) is 25.2 Å². The van der Waals surface area contributed by atoms with E-state index in [2.05, 4.69) is 16.0 Å². The molecule has 11 N–H and O–H groups in total. The van der Waals surface area contributed by atoms with Gasteiger partial charge in [0.2, 0.25) is 29.5 Å². The highest BCUT2D eigenvalue weighted by Crippen LogP contribution is 2.08. The SMILES string of the molecule is CC(C)C[C@H](NC(=O)[C@H](CC(=O)O)NC(=O)[C@@H](N)CCC(N)=O)C(=O)N[C@@H](CC(N)=O)C(=O)O. The van der Waals surface area contributed by atoms with E-state index >= 15 is 0 Å². The summed E-state index contributed by atoms with van der Waals surface area (Å²) in [4.78, 5) is 82.0. The van der Waals surface area contributed by atoms with E-state index in [9.17, 15) is 33.6 Å². The van der Waals surface area contributed by atoms with Gasteiger partial charge in [-0.25, -0.2) is 4.79 Å². The van der Waals surface area contributed by atoms with Crippen molar-refractivity contribution in [3.05, 3.63) is 0 Å². The summed E-state index contributed by atoms with van der Waals surface area (Å²) in [7, 11) is 0. The Bertz CT molecular complexity index is 801. The summed E-state index contributed by atoms with van der Waals surface area (Å²) in [5.41, 5.74) is 15.6. The van der Waals surface area contributed by atoms with Crippen LogP contribution >= 0.6 is 0 Å². The fourth-order valence-corrected chi connectivity index (χ4v) is 2.74. The third-order valence-electron chi connectivity index (χ3n) is 4.41. The first kappa shape index (κ1) is 30.2. The highest BCUT2D eigenvalue weighted by atomic mass is 16.4. The standard InChI is InChI=1S/C19H32N6O9/c1-8(2)5-10(17(31)25-12(19(33)34)6-14(22)27)24-18(32)11(7-15(28)29)23-16(30)9(20)3-4-13(21)26/h8-12H,3-7,20H2,1-2H3,(H2,21,26)(H2,22,27)(H,23,30)(H,24,32)(H,25,31)(H,28,29)(H,33,34)/t9-,10-,11-,12-/m0/s1. The molecule has 0 fully saturated rings. The van der Waals surface area contributed by atoms with Crippen LogP contribution in [-0.2, 0) is 33.6 Å². The van der Waals surface area contributed by atoms with Crippen LogP contribution in [0.25, 0.3) is 0 Å². The number of carbonyl (C=O) groups is 7. The number of nitrogens with two attached hydrogens (primary N) is 3. The lowest BCUT2D eigenvalue weighted by atomic mass is 10.0. The van der Waals surface area contributed by atoms with Crippen LogP contribution in [0.5, 0.6) is 0 Å². The lowest BCUT2D eigenvalue weighted by Crippen LogP contribution is -2.58. The average Bonchev–Trinajstić information content (AvgIpc) is 2.68. The second-order valence-electron chi connectivity index (χ2n) is 8.03. The Morgan fingerprint density at radius 3 is 1.68 bits per heavy atom. The van der Waals surface area contributed by atoms with Crippen molar-refractivity contribution >= 4 is 41.5 Å². The lowest BCUT2D eigenvalue weighted by molar-refractivity contribution is -0.144. The minimum atomic E-state index is -1.64. The molecular weight excluding hydrogens is 456 g/mol. The summed E-state index contributed by atoms with van der Waals surface area (Å²) in [5.74, 6) is -7.73. The summed E-state index contributed by atoms with van der Waals surface area (Å²) in [6, 6.07) is -5.85. The highest BCUT2D eigenvalue weighted by molar-refractivity contribution is 5.96. The van der Waals surface area contributed by atoms with Gasteiger partial charge in [-0.15, -0.1) is 0 Å². The number of aliphatic carboxylic acids is 2. The number of carboxylic acids is 2. The van der Waals surface area contributed by atoms with E-state index in [1.165, 1.54) is 0 Å². The molecule has 4 atom stereocenters.